The number of likely N-dealkylation sites (N-methyl/N-ethyl adjacent to an activating group) is 1. The molecule has 0 spiro atoms. The van der Waals surface area contributed by atoms with Crippen LogP contribution in [0.25, 0.3) is 0 Å². The molecular weight excluding hydrogens is 290 g/mol. The first-order chi connectivity index (χ1) is 10.8. The normalized spacial score (nSPS) is 19.5. The smallest absolute Gasteiger partial charge is 0.242 e. The van der Waals surface area contributed by atoms with Gasteiger partial charge in [-0.05, 0) is 12.6 Å². The van der Waals surface area contributed by atoms with Crippen molar-refractivity contribution in [3.63, 3.8) is 0 Å². The summed E-state index contributed by atoms with van der Waals surface area (Å²) in [6, 6.07) is 10.1. The number of hydrogen-bond acceptors (Lipinski definition) is 3. The van der Waals surface area contributed by atoms with Crippen molar-refractivity contribution in [2.45, 2.75) is 26.8 Å². The highest BCUT2D eigenvalue weighted by molar-refractivity contribution is 5.87. The highest BCUT2D eigenvalue weighted by Crippen LogP contribution is 2.24. The van der Waals surface area contributed by atoms with Gasteiger partial charge < -0.3 is 15.1 Å². The summed E-state index contributed by atoms with van der Waals surface area (Å²) in [6.07, 6.45) is 0. The summed E-state index contributed by atoms with van der Waals surface area (Å²) in [5.74, 6) is -0.124. The van der Waals surface area contributed by atoms with Crippen molar-refractivity contribution in [2.24, 2.45) is 5.41 Å². The summed E-state index contributed by atoms with van der Waals surface area (Å²) in [4.78, 5) is 28.7. The molecule has 0 saturated carbocycles. The molecule has 1 fully saturated rings. The van der Waals surface area contributed by atoms with Crippen LogP contribution < -0.4 is 5.32 Å². The van der Waals surface area contributed by atoms with E-state index in [2.05, 4.69) is 29.4 Å². The molecule has 1 aliphatic heterocycles. The zero-order chi connectivity index (χ0) is 17.0. The molecule has 5 nitrogen and oxygen atoms in total. The molecule has 126 valence electrons. The number of piperazine rings is 1. The number of amides is 2. The molecule has 1 aromatic rings. The van der Waals surface area contributed by atoms with Gasteiger partial charge in [-0.25, -0.2) is 0 Å². The number of carbonyl (C=O) groups is 2. The van der Waals surface area contributed by atoms with Crippen LogP contribution in [0.15, 0.2) is 30.3 Å². The molecule has 1 saturated heterocycles. The second-order valence-electron chi connectivity index (χ2n) is 7.21. The van der Waals surface area contributed by atoms with E-state index in [-0.39, 0.29) is 24.4 Å². The molecule has 0 bridgehead atoms. The fraction of sp³-hybridized carbons (Fsp3) is 0.556. The number of rotatable bonds is 3. The first-order valence-electron chi connectivity index (χ1n) is 8.10. The Morgan fingerprint density at radius 1 is 1.17 bits per heavy atom. The number of benzene rings is 1. The second-order valence-corrected chi connectivity index (χ2v) is 7.21. The van der Waals surface area contributed by atoms with Crippen LogP contribution in [-0.2, 0) is 9.59 Å². The predicted octanol–water partition coefficient (Wildman–Crippen LogP) is 1.66. The molecular formula is C18H27N3O2. The summed E-state index contributed by atoms with van der Waals surface area (Å²) >= 11 is 0. The maximum absolute atomic E-state index is 12.6. The van der Waals surface area contributed by atoms with Gasteiger partial charge in [-0.15, -0.1) is 0 Å². The monoisotopic (exact) mass is 317 g/mol. The Morgan fingerprint density at radius 2 is 1.83 bits per heavy atom. The third-order valence-electron chi connectivity index (χ3n) is 4.17. The first kappa shape index (κ1) is 17.5. The van der Waals surface area contributed by atoms with E-state index in [4.69, 9.17) is 0 Å². The van der Waals surface area contributed by atoms with Crippen molar-refractivity contribution < 1.29 is 9.59 Å². The Balaban J connectivity index is 2.06. The van der Waals surface area contributed by atoms with Crippen LogP contribution in [0.2, 0.25) is 0 Å². The molecule has 0 aromatic heterocycles. The third kappa shape index (κ3) is 4.55. The molecule has 0 unspecified atom stereocenters. The topological polar surface area (TPSA) is 52.6 Å². The Bertz CT molecular complexity index is 551. The quantitative estimate of drug-likeness (QED) is 0.922. The Morgan fingerprint density at radius 3 is 2.43 bits per heavy atom. The Hall–Kier alpha value is -1.88. The lowest BCUT2D eigenvalue weighted by molar-refractivity contribution is -0.138. The van der Waals surface area contributed by atoms with Gasteiger partial charge in [0, 0.05) is 25.0 Å². The zero-order valence-corrected chi connectivity index (χ0v) is 14.5. The van der Waals surface area contributed by atoms with E-state index in [9.17, 15) is 9.59 Å². The van der Waals surface area contributed by atoms with Crippen LogP contribution >= 0.6 is 0 Å². The number of carbonyl (C=O) groups excluding carboxylic acids is 2. The van der Waals surface area contributed by atoms with Gasteiger partial charge in [0.25, 0.3) is 0 Å². The fourth-order valence-corrected chi connectivity index (χ4v) is 2.70. The molecule has 0 radical (unpaired) electrons. The maximum atomic E-state index is 12.6. The van der Waals surface area contributed by atoms with Crippen LogP contribution in [-0.4, -0.2) is 54.8 Å². The highest BCUT2D eigenvalue weighted by Gasteiger charge is 2.30. The van der Waals surface area contributed by atoms with Crippen molar-refractivity contribution in [1.29, 1.82) is 0 Å². The van der Waals surface area contributed by atoms with Crippen LogP contribution in [0.4, 0.5) is 0 Å². The van der Waals surface area contributed by atoms with Crippen LogP contribution in [0.5, 0.6) is 0 Å². The molecule has 1 N–H and O–H groups in total. The summed E-state index contributed by atoms with van der Waals surface area (Å²) in [7, 11) is 2.07. The van der Waals surface area contributed by atoms with Crippen molar-refractivity contribution in [3.05, 3.63) is 35.9 Å². The van der Waals surface area contributed by atoms with E-state index < -0.39 is 5.41 Å². The molecule has 23 heavy (non-hydrogen) atoms. The molecule has 0 aliphatic carbocycles. The summed E-state index contributed by atoms with van der Waals surface area (Å²) < 4.78 is 0. The van der Waals surface area contributed by atoms with Crippen molar-refractivity contribution in [2.75, 3.05) is 33.2 Å². The molecule has 1 aromatic carbocycles. The van der Waals surface area contributed by atoms with E-state index in [0.29, 0.717) is 6.54 Å². The van der Waals surface area contributed by atoms with Gasteiger partial charge in [0.2, 0.25) is 11.8 Å². The first-order valence-corrected chi connectivity index (χ1v) is 8.10. The van der Waals surface area contributed by atoms with Crippen LogP contribution in [0, 0.1) is 5.41 Å². The molecule has 2 rings (SSSR count). The van der Waals surface area contributed by atoms with Gasteiger partial charge in [0.05, 0.1) is 12.6 Å². The molecule has 1 aliphatic rings. The highest BCUT2D eigenvalue weighted by atomic mass is 16.2. The summed E-state index contributed by atoms with van der Waals surface area (Å²) in [5, 5.41) is 2.76. The lowest BCUT2D eigenvalue weighted by Crippen LogP contribution is -2.52. The lowest BCUT2D eigenvalue weighted by atomic mass is 9.96. The molecule has 1 atom stereocenters. The van der Waals surface area contributed by atoms with Gasteiger partial charge in [0.15, 0.2) is 0 Å². The molecule has 5 heteroatoms. The maximum Gasteiger partial charge on any atom is 0.242 e. The SMILES string of the molecule is CN1CCN(C(=O)CNC(=O)C(C)(C)C)[C@H](c2ccccc2)C1. The minimum Gasteiger partial charge on any atom is -0.347 e. The van der Waals surface area contributed by atoms with E-state index in [1.165, 1.54) is 0 Å². The van der Waals surface area contributed by atoms with Gasteiger partial charge in [-0.3, -0.25) is 9.59 Å². The Kier molecular flexibility index (Phi) is 5.42. The lowest BCUT2D eigenvalue weighted by Gasteiger charge is -2.40. The van der Waals surface area contributed by atoms with Gasteiger partial charge in [-0.2, -0.15) is 0 Å². The summed E-state index contributed by atoms with van der Waals surface area (Å²) in [6.45, 7) is 7.93. The van der Waals surface area contributed by atoms with E-state index >= 15 is 0 Å². The second kappa shape index (κ2) is 7.13. The molecule has 2 amide bonds. The van der Waals surface area contributed by atoms with Crippen LogP contribution in [0.1, 0.15) is 32.4 Å². The third-order valence-corrected chi connectivity index (χ3v) is 4.17. The molecule has 1 heterocycles. The fourth-order valence-electron chi connectivity index (χ4n) is 2.70. The van der Waals surface area contributed by atoms with Gasteiger partial charge in [0.1, 0.15) is 0 Å². The minimum atomic E-state index is -0.485. The van der Waals surface area contributed by atoms with Gasteiger partial charge in [-0.1, -0.05) is 51.1 Å². The van der Waals surface area contributed by atoms with Gasteiger partial charge >= 0.3 is 0 Å². The number of hydrogen-bond donors (Lipinski definition) is 1. The van der Waals surface area contributed by atoms with E-state index in [1.807, 2.05) is 43.9 Å². The number of nitrogens with zero attached hydrogens (tertiary/aromatic N) is 2. The van der Waals surface area contributed by atoms with E-state index in [1.54, 1.807) is 0 Å². The van der Waals surface area contributed by atoms with Crippen molar-refractivity contribution in [1.82, 2.24) is 15.1 Å². The largest absolute Gasteiger partial charge is 0.347 e. The minimum absolute atomic E-state index is 0.0236. The van der Waals surface area contributed by atoms with Crippen LogP contribution in [0.3, 0.4) is 0 Å². The van der Waals surface area contributed by atoms with Crippen molar-refractivity contribution in [3.8, 4) is 0 Å². The zero-order valence-electron chi connectivity index (χ0n) is 14.5. The average Bonchev–Trinajstić information content (AvgIpc) is 2.52. The predicted molar refractivity (Wildman–Crippen MR) is 90.9 cm³/mol. The standard InChI is InChI=1S/C18H27N3O2/c1-18(2,3)17(23)19-12-16(22)21-11-10-20(4)13-15(21)14-8-6-5-7-9-14/h5-9,15H,10-13H2,1-4H3,(H,19,23)/t15-/m0/s1. The Labute approximate surface area is 138 Å². The van der Waals surface area contributed by atoms with Crippen molar-refractivity contribution >= 4 is 11.8 Å². The average molecular weight is 317 g/mol. The van der Waals surface area contributed by atoms with E-state index in [0.717, 1.165) is 18.7 Å². The summed E-state index contributed by atoms with van der Waals surface area (Å²) in [5.41, 5.74) is 0.649. The number of nitrogens with one attached hydrogen (secondary N) is 1.